The van der Waals surface area contributed by atoms with E-state index in [0.29, 0.717) is 13.2 Å². The van der Waals surface area contributed by atoms with Crippen LogP contribution in [0.3, 0.4) is 0 Å². The van der Waals surface area contributed by atoms with Gasteiger partial charge >= 0.3 is 6.09 Å². The Morgan fingerprint density at radius 3 is 2.29 bits per heavy atom. The van der Waals surface area contributed by atoms with Gasteiger partial charge in [0.05, 0.1) is 42.4 Å². The van der Waals surface area contributed by atoms with Crippen LogP contribution in [0.15, 0.2) is 41.3 Å². The van der Waals surface area contributed by atoms with Crippen LogP contribution >= 0.6 is 0 Å². The van der Waals surface area contributed by atoms with Crippen LogP contribution in [0.5, 0.6) is 0 Å². The fraction of sp³-hybridized carbons (Fsp3) is 0.435. The number of morpholine rings is 1. The van der Waals surface area contributed by atoms with E-state index in [1.165, 1.54) is 12.1 Å². The number of nitrogens with zero attached hydrogens (tertiary/aromatic N) is 2. The van der Waals surface area contributed by atoms with Crippen molar-refractivity contribution < 1.29 is 35.6 Å². The van der Waals surface area contributed by atoms with Crippen LogP contribution in [0.2, 0.25) is 0 Å². The summed E-state index contributed by atoms with van der Waals surface area (Å²) in [4.78, 5) is 15.2. The van der Waals surface area contributed by atoms with Gasteiger partial charge < -0.3 is 14.4 Å². The summed E-state index contributed by atoms with van der Waals surface area (Å²) in [5, 5.41) is 0. The summed E-state index contributed by atoms with van der Waals surface area (Å²) in [6.45, 7) is 2.14. The van der Waals surface area contributed by atoms with Crippen molar-refractivity contribution in [1.82, 2.24) is 0 Å². The molecular weight excluding hydrogens is 470 g/mol. The highest BCUT2D eigenvalue weighted by Gasteiger charge is 2.41. The Bertz CT molecular complexity index is 1170. The molecule has 3 unspecified atom stereocenters. The molecule has 0 aliphatic carbocycles. The Labute approximate surface area is 196 Å². The quantitative estimate of drug-likeness (QED) is 0.570. The summed E-state index contributed by atoms with van der Waals surface area (Å²) < 4.78 is 70.6. The molecule has 3 fully saturated rings. The predicted molar refractivity (Wildman–Crippen MR) is 118 cm³/mol. The number of halogens is 2. The molecule has 0 radical (unpaired) electrons. The van der Waals surface area contributed by atoms with Crippen molar-refractivity contribution in [1.29, 1.82) is 0 Å². The molecule has 2 aromatic rings. The monoisotopic (exact) mass is 494 g/mol. The van der Waals surface area contributed by atoms with E-state index in [1.54, 1.807) is 17.0 Å². The van der Waals surface area contributed by atoms with Gasteiger partial charge in [0.1, 0.15) is 18.4 Å². The number of amides is 1. The fourth-order valence-electron chi connectivity index (χ4n) is 4.71. The summed E-state index contributed by atoms with van der Waals surface area (Å²) in [6, 6.07) is 8.16. The van der Waals surface area contributed by atoms with E-state index in [9.17, 15) is 13.2 Å². The van der Waals surface area contributed by atoms with Gasteiger partial charge in [-0.15, -0.1) is 0 Å². The molecule has 3 atom stereocenters. The van der Waals surface area contributed by atoms with Crippen LogP contribution in [-0.2, 0) is 23.8 Å². The maximum Gasteiger partial charge on any atom is 0.414 e. The highest BCUT2D eigenvalue weighted by atomic mass is 32.2. The van der Waals surface area contributed by atoms with Crippen molar-refractivity contribution in [2.24, 2.45) is 0 Å². The van der Waals surface area contributed by atoms with E-state index in [-0.39, 0.29) is 34.9 Å². The largest absolute Gasteiger partial charge is 0.441 e. The van der Waals surface area contributed by atoms with Gasteiger partial charge in [0, 0.05) is 12.1 Å². The molecule has 3 heterocycles. The molecule has 8 nitrogen and oxygen atoms in total. The van der Waals surface area contributed by atoms with Crippen molar-refractivity contribution >= 4 is 27.6 Å². The SMILES string of the molecule is Cc1ccc(S(=O)(=O)OCC2CN(c3cc(F)c(N4C5CCC4COC5)c(F)c3)C(=O)O2)cc1. The maximum atomic E-state index is 15.1. The third-order valence-electron chi connectivity index (χ3n) is 6.40. The number of anilines is 2. The third-order valence-corrected chi connectivity index (χ3v) is 7.70. The normalized spacial score (nSPS) is 24.6. The highest BCUT2D eigenvalue weighted by Crippen LogP contribution is 2.39. The molecule has 0 saturated carbocycles. The second kappa shape index (κ2) is 8.79. The highest BCUT2D eigenvalue weighted by molar-refractivity contribution is 7.86. The minimum Gasteiger partial charge on any atom is -0.441 e. The minimum absolute atomic E-state index is 0.00625. The molecule has 3 aliphatic heterocycles. The predicted octanol–water partition coefficient (Wildman–Crippen LogP) is 3.37. The standard InChI is InChI=1S/C23H24F2N2O6S/c1-14-2-6-19(7-3-14)34(29,30)32-13-18-10-26(23(28)33-18)17-8-20(24)22(21(25)9-17)27-15-4-5-16(27)12-31-11-15/h2-3,6-9,15-16,18H,4-5,10-13H2,1H3. The zero-order valence-corrected chi connectivity index (χ0v) is 19.3. The van der Waals surface area contributed by atoms with E-state index >= 15 is 8.78 Å². The first-order valence-electron chi connectivity index (χ1n) is 11.0. The van der Waals surface area contributed by atoms with E-state index in [1.807, 2.05) is 6.92 Å². The van der Waals surface area contributed by atoms with Crippen molar-refractivity contribution in [3.63, 3.8) is 0 Å². The summed E-state index contributed by atoms with van der Waals surface area (Å²) >= 11 is 0. The van der Waals surface area contributed by atoms with Gasteiger partial charge in [0.25, 0.3) is 10.1 Å². The molecule has 0 N–H and O–H groups in total. The Hall–Kier alpha value is -2.76. The lowest BCUT2D eigenvalue weighted by atomic mass is 10.1. The lowest BCUT2D eigenvalue weighted by molar-refractivity contribution is 0.0898. The summed E-state index contributed by atoms with van der Waals surface area (Å²) in [6.07, 6.45) is -0.152. The van der Waals surface area contributed by atoms with Gasteiger partial charge in [-0.2, -0.15) is 8.42 Å². The van der Waals surface area contributed by atoms with Crippen molar-refractivity contribution in [2.75, 3.05) is 36.2 Å². The van der Waals surface area contributed by atoms with E-state index in [0.717, 1.165) is 35.4 Å². The number of benzene rings is 2. The summed E-state index contributed by atoms with van der Waals surface area (Å²) in [5.74, 6) is -1.55. The molecule has 1 amide bonds. The number of hydrogen-bond donors (Lipinski definition) is 0. The number of aryl methyl sites for hydroxylation is 1. The average Bonchev–Trinajstić information content (AvgIpc) is 3.27. The van der Waals surface area contributed by atoms with Gasteiger partial charge in [-0.3, -0.25) is 9.08 Å². The lowest BCUT2D eigenvalue weighted by Crippen LogP contribution is -2.46. The van der Waals surface area contributed by atoms with Gasteiger partial charge in [0.2, 0.25) is 0 Å². The zero-order chi connectivity index (χ0) is 24.0. The molecule has 0 aromatic heterocycles. The number of cyclic esters (lactones) is 1. The number of carbonyl (C=O) groups excluding carboxylic acids is 1. The number of ether oxygens (including phenoxy) is 2. The van der Waals surface area contributed by atoms with Crippen molar-refractivity contribution in [3.05, 3.63) is 53.6 Å². The number of rotatable bonds is 6. The Morgan fingerprint density at radius 2 is 1.68 bits per heavy atom. The molecule has 34 heavy (non-hydrogen) atoms. The summed E-state index contributed by atoms with van der Waals surface area (Å²) in [5.41, 5.74) is 0.774. The van der Waals surface area contributed by atoms with Gasteiger partial charge in [-0.25, -0.2) is 13.6 Å². The molecule has 5 rings (SSSR count). The van der Waals surface area contributed by atoms with Crippen LogP contribution in [-0.4, -0.2) is 59.1 Å². The summed E-state index contributed by atoms with van der Waals surface area (Å²) in [7, 11) is -4.05. The molecule has 3 aliphatic rings. The first kappa shape index (κ1) is 23.0. The van der Waals surface area contributed by atoms with Crippen molar-refractivity contribution in [2.45, 2.75) is 42.8 Å². The first-order chi connectivity index (χ1) is 16.2. The molecule has 3 saturated heterocycles. The number of carbonyl (C=O) groups is 1. The maximum absolute atomic E-state index is 15.1. The van der Waals surface area contributed by atoms with Gasteiger partial charge in [-0.05, 0) is 31.9 Å². The van der Waals surface area contributed by atoms with Gasteiger partial charge in [-0.1, -0.05) is 17.7 Å². The smallest absolute Gasteiger partial charge is 0.414 e. The van der Waals surface area contributed by atoms with Crippen LogP contribution in [0.4, 0.5) is 25.0 Å². The molecule has 182 valence electrons. The topological polar surface area (TPSA) is 85.4 Å². The van der Waals surface area contributed by atoms with E-state index in [4.69, 9.17) is 13.7 Å². The molecule has 11 heteroatoms. The average molecular weight is 495 g/mol. The van der Waals surface area contributed by atoms with Gasteiger partial charge in [0.15, 0.2) is 11.6 Å². The van der Waals surface area contributed by atoms with Crippen LogP contribution in [0.1, 0.15) is 18.4 Å². The second-order valence-corrected chi connectivity index (χ2v) is 10.4. The Morgan fingerprint density at radius 1 is 1.06 bits per heavy atom. The number of fused-ring (bicyclic) bond motifs is 2. The Kier molecular flexibility index (Phi) is 5.95. The Balaban J connectivity index is 1.29. The molecule has 0 spiro atoms. The molecule has 2 aromatic carbocycles. The fourth-order valence-corrected chi connectivity index (χ4v) is 5.64. The molecular formula is C23H24F2N2O6S. The second-order valence-electron chi connectivity index (χ2n) is 8.76. The van der Waals surface area contributed by atoms with Crippen LogP contribution in [0, 0.1) is 18.6 Å². The lowest BCUT2D eigenvalue weighted by Gasteiger charge is -2.37. The first-order valence-corrected chi connectivity index (χ1v) is 12.4. The zero-order valence-electron chi connectivity index (χ0n) is 18.4. The minimum atomic E-state index is -4.05. The van der Waals surface area contributed by atoms with E-state index in [2.05, 4.69) is 0 Å². The third kappa shape index (κ3) is 4.23. The van der Waals surface area contributed by atoms with E-state index < -0.39 is 40.6 Å². The van der Waals surface area contributed by atoms with Crippen LogP contribution in [0.25, 0.3) is 0 Å². The van der Waals surface area contributed by atoms with Crippen LogP contribution < -0.4 is 9.80 Å². The number of hydrogen-bond acceptors (Lipinski definition) is 7. The molecule has 2 bridgehead atoms. The van der Waals surface area contributed by atoms with Crippen molar-refractivity contribution in [3.8, 4) is 0 Å².